The summed E-state index contributed by atoms with van der Waals surface area (Å²) in [4.78, 5) is 22.8. The number of amides is 1. The van der Waals surface area contributed by atoms with Crippen LogP contribution in [-0.4, -0.2) is 36.5 Å². The highest BCUT2D eigenvalue weighted by atomic mass is 35.5. The van der Waals surface area contributed by atoms with Gasteiger partial charge in [-0.15, -0.1) is 0 Å². The molecule has 3 rings (SSSR count). The molecule has 10 heteroatoms. The van der Waals surface area contributed by atoms with E-state index >= 15 is 0 Å². The first-order valence-electron chi connectivity index (χ1n) is 7.45. The summed E-state index contributed by atoms with van der Waals surface area (Å²) in [6, 6.07) is 7.26. The number of carboxylic acids is 1. The molecule has 0 aliphatic carbocycles. The van der Waals surface area contributed by atoms with Crippen LogP contribution in [0, 0.1) is 5.82 Å². The lowest BCUT2D eigenvalue weighted by Crippen LogP contribution is -2.20. The van der Waals surface area contributed by atoms with Gasteiger partial charge in [-0.2, -0.15) is 10.2 Å². The van der Waals surface area contributed by atoms with Gasteiger partial charge in [0.05, 0.1) is 6.54 Å². The molecule has 2 N–H and O–H groups in total. The minimum atomic E-state index is -1.17. The van der Waals surface area contributed by atoms with Gasteiger partial charge >= 0.3 is 5.97 Å². The van der Waals surface area contributed by atoms with Crippen LogP contribution in [0.2, 0.25) is 5.02 Å². The molecule has 0 radical (unpaired) electrons. The number of hydrogen-bond acceptors (Lipinski definition) is 4. The van der Waals surface area contributed by atoms with Gasteiger partial charge < -0.3 is 10.4 Å². The van der Waals surface area contributed by atoms with Crippen molar-refractivity contribution in [3.05, 3.63) is 64.8 Å². The summed E-state index contributed by atoms with van der Waals surface area (Å²) >= 11 is 5.98. The third-order valence-corrected chi connectivity index (χ3v) is 3.81. The summed E-state index contributed by atoms with van der Waals surface area (Å²) in [5.41, 5.74) is 0.150. The fourth-order valence-electron chi connectivity index (χ4n) is 2.26. The molecule has 26 heavy (non-hydrogen) atoms. The van der Waals surface area contributed by atoms with Crippen LogP contribution in [0.4, 0.5) is 10.2 Å². The zero-order valence-electron chi connectivity index (χ0n) is 13.3. The number of rotatable bonds is 6. The molecule has 134 valence electrons. The van der Waals surface area contributed by atoms with E-state index in [1.54, 1.807) is 18.3 Å². The summed E-state index contributed by atoms with van der Waals surface area (Å²) in [5.74, 6) is -1.77. The maximum Gasteiger partial charge on any atom is 0.356 e. The number of benzene rings is 1. The van der Waals surface area contributed by atoms with E-state index in [4.69, 9.17) is 16.7 Å². The third kappa shape index (κ3) is 4.06. The molecule has 0 atom stereocenters. The number of halogens is 2. The predicted octanol–water partition coefficient (Wildman–Crippen LogP) is 2.26. The Morgan fingerprint density at radius 1 is 1.15 bits per heavy atom. The Morgan fingerprint density at radius 3 is 2.62 bits per heavy atom. The standard InChI is InChI=1S/C16H13ClFN5O3/c17-11-2-1-3-12(18)10(11)8-22-7-5-14(21-22)19-15(24)9-23-6-4-13(20-23)16(25)26/h1-7H,8-9H2,(H,25,26)(H,19,21,24). The van der Waals surface area contributed by atoms with Crippen molar-refractivity contribution in [2.24, 2.45) is 0 Å². The van der Waals surface area contributed by atoms with Gasteiger partial charge in [-0.25, -0.2) is 9.18 Å². The molecule has 0 spiro atoms. The van der Waals surface area contributed by atoms with Gasteiger partial charge in [0, 0.05) is 29.0 Å². The van der Waals surface area contributed by atoms with Gasteiger partial charge in [-0.3, -0.25) is 14.2 Å². The molecule has 0 fully saturated rings. The zero-order chi connectivity index (χ0) is 18.7. The molecule has 0 aliphatic heterocycles. The largest absolute Gasteiger partial charge is 0.476 e. The highest BCUT2D eigenvalue weighted by Gasteiger charge is 2.12. The fraction of sp³-hybridized carbons (Fsp3) is 0.125. The van der Waals surface area contributed by atoms with Gasteiger partial charge in [-0.05, 0) is 18.2 Å². The Bertz CT molecular complexity index is 948. The second kappa shape index (κ2) is 7.36. The third-order valence-electron chi connectivity index (χ3n) is 3.46. The van der Waals surface area contributed by atoms with E-state index < -0.39 is 17.7 Å². The Kier molecular flexibility index (Phi) is 4.99. The van der Waals surface area contributed by atoms with Gasteiger partial charge in [0.25, 0.3) is 0 Å². The van der Waals surface area contributed by atoms with E-state index in [0.717, 1.165) is 0 Å². The predicted molar refractivity (Wildman–Crippen MR) is 90.6 cm³/mol. The summed E-state index contributed by atoms with van der Waals surface area (Å²) in [7, 11) is 0. The van der Waals surface area contributed by atoms with Crippen LogP contribution in [-0.2, 0) is 17.9 Å². The lowest BCUT2D eigenvalue weighted by molar-refractivity contribution is -0.116. The summed E-state index contributed by atoms with van der Waals surface area (Å²) in [5, 5.41) is 19.5. The van der Waals surface area contributed by atoms with Crippen molar-refractivity contribution in [2.45, 2.75) is 13.1 Å². The number of carboxylic acid groups (broad SMARTS) is 1. The van der Waals surface area contributed by atoms with Crippen LogP contribution >= 0.6 is 11.6 Å². The van der Waals surface area contributed by atoms with Crippen molar-refractivity contribution in [3.8, 4) is 0 Å². The van der Waals surface area contributed by atoms with Crippen LogP contribution in [0.15, 0.2) is 42.7 Å². The SMILES string of the molecule is O=C(Cn1ccc(C(=O)O)n1)Nc1ccn(Cc2c(F)cccc2Cl)n1. The van der Waals surface area contributed by atoms with Crippen LogP contribution in [0.1, 0.15) is 16.1 Å². The van der Waals surface area contributed by atoms with E-state index in [0.29, 0.717) is 10.6 Å². The molecule has 1 aromatic carbocycles. The molecule has 0 aliphatic rings. The number of carbonyl (C=O) groups excluding carboxylic acids is 1. The number of carbonyl (C=O) groups is 2. The molecule has 1 amide bonds. The smallest absolute Gasteiger partial charge is 0.356 e. The Labute approximate surface area is 151 Å². The average Bonchev–Trinajstić information content (AvgIpc) is 3.21. The van der Waals surface area contributed by atoms with E-state index in [-0.39, 0.29) is 24.6 Å². The topological polar surface area (TPSA) is 102 Å². The maximum atomic E-state index is 13.8. The number of nitrogens with one attached hydrogen (secondary N) is 1. The molecule has 3 aromatic rings. The molecule has 0 saturated carbocycles. The molecular formula is C16H13ClFN5O3. The average molecular weight is 378 g/mol. The van der Waals surface area contributed by atoms with Crippen LogP contribution in [0.25, 0.3) is 0 Å². The van der Waals surface area contributed by atoms with Gasteiger partial charge in [0.1, 0.15) is 12.4 Å². The van der Waals surface area contributed by atoms with Crippen molar-refractivity contribution in [1.29, 1.82) is 0 Å². The number of nitrogens with zero attached hydrogens (tertiary/aromatic N) is 4. The Hall–Kier alpha value is -3.20. The van der Waals surface area contributed by atoms with Gasteiger partial charge in [-0.1, -0.05) is 17.7 Å². The molecule has 0 unspecified atom stereocenters. The minimum absolute atomic E-state index is 0.114. The maximum absolute atomic E-state index is 13.8. The van der Waals surface area contributed by atoms with E-state index in [1.165, 1.54) is 33.8 Å². The van der Waals surface area contributed by atoms with E-state index in [1.807, 2.05) is 0 Å². The normalized spacial score (nSPS) is 10.7. The molecule has 8 nitrogen and oxygen atoms in total. The highest BCUT2D eigenvalue weighted by Crippen LogP contribution is 2.20. The lowest BCUT2D eigenvalue weighted by Gasteiger charge is -2.06. The molecule has 2 heterocycles. The Morgan fingerprint density at radius 2 is 1.92 bits per heavy atom. The number of hydrogen-bond donors (Lipinski definition) is 2. The first kappa shape index (κ1) is 17.6. The summed E-state index contributed by atoms with van der Waals surface area (Å²) in [6.45, 7) is -0.0538. The van der Waals surface area contributed by atoms with Gasteiger partial charge in [0.2, 0.25) is 5.91 Å². The zero-order valence-corrected chi connectivity index (χ0v) is 14.0. The molecule has 2 aromatic heterocycles. The van der Waals surface area contributed by atoms with Crippen molar-refractivity contribution in [3.63, 3.8) is 0 Å². The minimum Gasteiger partial charge on any atom is -0.476 e. The monoisotopic (exact) mass is 377 g/mol. The summed E-state index contributed by atoms with van der Waals surface area (Å²) in [6.07, 6.45) is 2.97. The van der Waals surface area contributed by atoms with Crippen LogP contribution in [0.3, 0.4) is 0 Å². The van der Waals surface area contributed by atoms with E-state index in [9.17, 15) is 14.0 Å². The first-order chi connectivity index (χ1) is 12.4. The quantitative estimate of drug-likeness (QED) is 0.686. The second-order valence-electron chi connectivity index (χ2n) is 5.35. The molecule has 0 bridgehead atoms. The fourth-order valence-corrected chi connectivity index (χ4v) is 2.48. The van der Waals surface area contributed by atoms with Crippen molar-refractivity contribution in [2.75, 3.05) is 5.32 Å². The number of aromatic nitrogens is 4. The van der Waals surface area contributed by atoms with E-state index in [2.05, 4.69) is 15.5 Å². The highest BCUT2D eigenvalue weighted by molar-refractivity contribution is 6.31. The molecular weight excluding hydrogens is 365 g/mol. The van der Waals surface area contributed by atoms with Crippen molar-refractivity contribution in [1.82, 2.24) is 19.6 Å². The van der Waals surface area contributed by atoms with Crippen LogP contribution in [0.5, 0.6) is 0 Å². The van der Waals surface area contributed by atoms with Crippen LogP contribution < -0.4 is 5.32 Å². The first-order valence-corrected chi connectivity index (χ1v) is 7.83. The second-order valence-corrected chi connectivity index (χ2v) is 5.76. The summed E-state index contributed by atoms with van der Waals surface area (Å²) < 4.78 is 16.5. The number of aromatic carboxylic acids is 1. The van der Waals surface area contributed by atoms with Gasteiger partial charge in [0.15, 0.2) is 11.5 Å². The lowest BCUT2D eigenvalue weighted by atomic mass is 10.2. The Balaban J connectivity index is 1.62. The van der Waals surface area contributed by atoms with Crippen molar-refractivity contribution < 1.29 is 19.1 Å². The van der Waals surface area contributed by atoms with Crippen molar-refractivity contribution >= 4 is 29.3 Å². The molecule has 0 saturated heterocycles. The number of anilines is 1.